The van der Waals surface area contributed by atoms with Gasteiger partial charge in [0.15, 0.2) is 0 Å². The predicted molar refractivity (Wildman–Crippen MR) is 137 cm³/mol. The summed E-state index contributed by atoms with van der Waals surface area (Å²) in [5.74, 6) is 1.08. The van der Waals surface area contributed by atoms with Crippen LogP contribution in [0, 0.1) is 5.92 Å². The van der Waals surface area contributed by atoms with Gasteiger partial charge >= 0.3 is 0 Å². The predicted octanol–water partition coefficient (Wildman–Crippen LogP) is 3.27. The molecule has 1 aliphatic heterocycles. The van der Waals surface area contributed by atoms with E-state index < -0.39 is 0 Å². The maximum absolute atomic E-state index is 12.7. The van der Waals surface area contributed by atoms with Gasteiger partial charge < -0.3 is 20.9 Å². The number of amides is 2. The first kappa shape index (κ1) is 25.7. The molecule has 7 nitrogen and oxygen atoms in total. The normalized spacial score (nSPS) is 15.1. The summed E-state index contributed by atoms with van der Waals surface area (Å²) in [5, 5.41) is 9.98. The van der Waals surface area contributed by atoms with E-state index in [4.69, 9.17) is 0 Å². The zero-order chi connectivity index (χ0) is 24.3. The van der Waals surface area contributed by atoms with E-state index in [0.29, 0.717) is 23.8 Å². The van der Waals surface area contributed by atoms with Crippen molar-refractivity contribution in [3.63, 3.8) is 0 Å². The number of carbonyl (C=O) groups excluding carboxylic acids is 2. The van der Waals surface area contributed by atoms with Crippen molar-refractivity contribution in [2.75, 3.05) is 38.0 Å². The van der Waals surface area contributed by atoms with Crippen LogP contribution in [-0.2, 0) is 17.6 Å². The number of likely N-dealkylation sites (tertiary alicyclic amines) is 1. The van der Waals surface area contributed by atoms with E-state index in [-0.39, 0.29) is 17.9 Å². The Morgan fingerprint density at radius 3 is 2.56 bits per heavy atom. The van der Waals surface area contributed by atoms with E-state index >= 15 is 0 Å². The highest BCUT2D eigenvalue weighted by molar-refractivity contribution is 5.94. The van der Waals surface area contributed by atoms with Crippen LogP contribution in [0.5, 0.6) is 0 Å². The number of hydrogen-bond acceptors (Lipinski definition) is 5. The number of hydrogen-bond donors (Lipinski definition) is 3. The highest BCUT2D eigenvalue weighted by atomic mass is 16.2. The van der Waals surface area contributed by atoms with Gasteiger partial charge in [-0.15, -0.1) is 0 Å². The summed E-state index contributed by atoms with van der Waals surface area (Å²) in [6.07, 6.45) is 5.51. The number of rotatable bonds is 11. The van der Waals surface area contributed by atoms with E-state index in [1.54, 1.807) is 25.3 Å². The van der Waals surface area contributed by atoms with E-state index in [2.05, 4.69) is 59.0 Å². The molecule has 1 fully saturated rings. The number of anilines is 1. The topological polar surface area (TPSA) is 86.4 Å². The summed E-state index contributed by atoms with van der Waals surface area (Å²) in [6.45, 7) is 9.86. The molecule has 0 spiro atoms. The molecule has 1 unspecified atom stereocenters. The van der Waals surface area contributed by atoms with E-state index in [9.17, 15) is 9.59 Å². The fourth-order valence-corrected chi connectivity index (χ4v) is 4.36. The minimum Gasteiger partial charge on any atom is -0.367 e. The summed E-state index contributed by atoms with van der Waals surface area (Å²) in [4.78, 5) is 30.4. The van der Waals surface area contributed by atoms with Crippen molar-refractivity contribution in [3.05, 3.63) is 59.3 Å². The zero-order valence-corrected chi connectivity index (χ0v) is 20.8. The molecular formula is C27H39N5O2. The van der Waals surface area contributed by atoms with Crippen LogP contribution in [0.3, 0.4) is 0 Å². The first-order chi connectivity index (χ1) is 16.5. The molecule has 34 heavy (non-hydrogen) atoms. The van der Waals surface area contributed by atoms with Crippen molar-refractivity contribution in [2.24, 2.45) is 5.92 Å². The van der Waals surface area contributed by atoms with Gasteiger partial charge in [-0.1, -0.05) is 38.1 Å². The molecule has 1 aromatic carbocycles. The Balaban J connectivity index is 1.37. The molecule has 0 aliphatic carbocycles. The molecule has 0 radical (unpaired) electrons. The van der Waals surface area contributed by atoms with Crippen LogP contribution >= 0.6 is 0 Å². The Morgan fingerprint density at radius 1 is 1.12 bits per heavy atom. The lowest BCUT2D eigenvalue weighted by Gasteiger charge is -2.32. The second kappa shape index (κ2) is 13.1. The lowest BCUT2D eigenvalue weighted by Crippen LogP contribution is -2.41. The summed E-state index contributed by atoms with van der Waals surface area (Å²) in [7, 11) is 0. The molecule has 7 heteroatoms. The third-order valence-corrected chi connectivity index (χ3v) is 6.49. The third-order valence-electron chi connectivity index (χ3n) is 6.49. The van der Waals surface area contributed by atoms with Gasteiger partial charge in [0.05, 0.1) is 0 Å². The van der Waals surface area contributed by atoms with Crippen molar-refractivity contribution in [3.8, 4) is 0 Å². The van der Waals surface area contributed by atoms with Gasteiger partial charge in [0, 0.05) is 44.4 Å². The number of nitrogens with one attached hydrogen (secondary N) is 3. The number of carbonyl (C=O) groups is 2. The number of benzene rings is 1. The molecule has 1 saturated heterocycles. The van der Waals surface area contributed by atoms with Crippen LogP contribution < -0.4 is 16.0 Å². The number of piperidine rings is 1. The second-order valence-corrected chi connectivity index (χ2v) is 9.25. The summed E-state index contributed by atoms with van der Waals surface area (Å²) >= 11 is 0. The molecule has 0 saturated carbocycles. The van der Waals surface area contributed by atoms with Gasteiger partial charge in [-0.2, -0.15) is 0 Å². The third kappa shape index (κ3) is 7.83. The lowest BCUT2D eigenvalue weighted by molar-refractivity contribution is -0.129. The Bertz CT molecular complexity index is 940. The Hall–Kier alpha value is -2.93. The first-order valence-corrected chi connectivity index (χ1v) is 12.5. The molecule has 1 aliphatic rings. The molecule has 1 aromatic heterocycles. The van der Waals surface area contributed by atoms with Crippen LogP contribution in [-0.4, -0.2) is 60.5 Å². The van der Waals surface area contributed by atoms with Gasteiger partial charge in [-0.25, -0.2) is 4.98 Å². The maximum Gasteiger partial charge on any atom is 0.251 e. The molecule has 2 aromatic rings. The average Bonchev–Trinajstić information content (AvgIpc) is 2.86. The first-order valence-electron chi connectivity index (χ1n) is 12.5. The van der Waals surface area contributed by atoms with Crippen LogP contribution in [0.25, 0.3) is 0 Å². The zero-order valence-electron chi connectivity index (χ0n) is 20.8. The van der Waals surface area contributed by atoms with Crippen molar-refractivity contribution in [1.29, 1.82) is 0 Å². The summed E-state index contributed by atoms with van der Waals surface area (Å²) in [6, 6.07) is 12.4. The largest absolute Gasteiger partial charge is 0.367 e. The van der Waals surface area contributed by atoms with Crippen molar-refractivity contribution in [1.82, 2.24) is 20.5 Å². The molecule has 0 bridgehead atoms. The Kier molecular flexibility index (Phi) is 9.89. The molecule has 3 N–H and O–H groups in total. The van der Waals surface area contributed by atoms with Gasteiger partial charge in [0.2, 0.25) is 5.91 Å². The van der Waals surface area contributed by atoms with Crippen molar-refractivity contribution < 1.29 is 9.59 Å². The summed E-state index contributed by atoms with van der Waals surface area (Å²) in [5.41, 5.74) is 3.43. The lowest BCUT2D eigenvalue weighted by atomic mass is 10.0. The fraction of sp³-hybridized carbons (Fsp3) is 0.519. The van der Waals surface area contributed by atoms with Crippen LogP contribution in [0.15, 0.2) is 42.6 Å². The van der Waals surface area contributed by atoms with Crippen molar-refractivity contribution >= 4 is 17.6 Å². The maximum atomic E-state index is 12.7. The number of aromatic nitrogens is 1. The monoisotopic (exact) mass is 465 g/mol. The van der Waals surface area contributed by atoms with E-state index in [0.717, 1.165) is 51.9 Å². The van der Waals surface area contributed by atoms with Crippen LogP contribution in [0.1, 0.15) is 55.1 Å². The molecule has 1 atom stereocenters. The molecular weight excluding hydrogens is 426 g/mol. The van der Waals surface area contributed by atoms with Crippen LogP contribution in [0.4, 0.5) is 5.82 Å². The SMILES string of the molecule is CCc1ccccc1CCNCC(C)CNC(=O)c1ccnc(NC2CCN(C(C)=O)CC2)c1. The van der Waals surface area contributed by atoms with Gasteiger partial charge in [0.1, 0.15) is 5.82 Å². The highest BCUT2D eigenvalue weighted by Crippen LogP contribution is 2.16. The molecule has 3 rings (SSSR count). The highest BCUT2D eigenvalue weighted by Gasteiger charge is 2.21. The smallest absolute Gasteiger partial charge is 0.251 e. The second-order valence-electron chi connectivity index (χ2n) is 9.25. The van der Waals surface area contributed by atoms with Gasteiger partial charge in [0.25, 0.3) is 5.91 Å². The average molecular weight is 466 g/mol. The molecule has 184 valence electrons. The van der Waals surface area contributed by atoms with Crippen LogP contribution in [0.2, 0.25) is 0 Å². The minimum atomic E-state index is -0.0828. The Morgan fingerprint density at radius 2 is 1.85 bits per heavy atom. The minimum absolute atomic E-state index is 0.0828. The summed E-state index contributed by atoms with van der Waals surface area (Å²) < 4.78 is 0. The standard InChI is InChI=1S/C27H39N5O2/c1-4-22-7-5-6-8-23(22)9-13-28-18-20(2)19-30-27(34)24-10-14-29-26(17-24)31-25-11-15-32(16-12-25)21(3)33/h5-8,10,14,17,20,25,28H,4,9,11-13,15-16,18-19H2,1-3H3,(H,29,31)(H,30,34). The number of nitrogens with zero attached hydrogens (tertiary/aromatic N) is 2. The van der Waals surface area contributed by atoms with E-state index in [1.807, 2.05) is 4.90 Å². The fourth-order valence-electron chi connectivity index (χ4n) is 4.36. The van der Waals surface area contributed by atoms with Crippen molar-refractivity contribution in [2.45, 2.75) is 52.5 Å². The van der Waals surface area contributed by atoms with E-state index in [1.165, 1.54) is 11.1 Å². The number of aryl methyl sites for hydroxylation is 1. The molecule has 2 amide bonds. The Labute approximate surface area is 203 Å². The van der Waals surface area contributed by atoms with Gasteiger partial charge in [-0.3, -0.25) is 9.59 Å². The van der Waals surface area contributed by atoms with Gasteiger partial charge in [-0.05, 0) is 68.0 Å². The molecule has 2 heterocycles. The number of pyridine rings is 1. The quantitative estimate of drug-likeness (QED) is 0.444.